The Morgan fingerprint density at radius 1 is 1.25 bits per heavy atom. The zero-order valence-corrected chi connectivity index (χ0v) is 24.1. The van der Waals surface area contributed by atoms with Gasteiger partial charge in [0, 0.05) is 47.6 Å². The van der Waals surface area contributed by atoms with Crippen molar-refractivity contribution in [1.29, 1.82) is 0 Å². The van der Waals surface area contributed by atoms with Crippen molar-refractivity contribution in [3.05, 3.63) is 64.6 Å². The van der Waals surface area contributed by atoms with E-state index in [2.05, 4.69) is 10.3 Å². The number of nitrogens with zero attached hydrogens (tertiary/aromatic N) is 2. The lowest BCUT2D eigenvalue weighted by Gasteiger charge is -2.30. The summed E-state index contributed by atoms with van der Waals surface area (Å²) in [4.78, 5) is 30.7. The van der Waals surface area contributed by atoms with E-state index in [0.29, 0.717) is 34.8 Å². The minimum absolute atomic E-state index is 0.0813. The van der Waals surface area contributed by atoms with Crippen molar-refractivity contribution < 1.29 is 23.5 Å². The number of ether oxygens (including phenoxy) is 2. The summed E-state index contributed by atoms with van der Waals surface area (Å²) in [7, 11) is 1.43. The number of amides is 2. The van der Waals surface area contributed by atoms with Gasteiger partial charge in [-0.1, -0.05) is 23.7 Å². The van der Waals surface area contributed by atoms with E-state index in [1.165, 1.54) is 18.1 Å². The van der Waals surface area contributed by atoms with Crippen LogP contribution in [0.3, 0.4) is 0 Å². The summed E-state index contributed by atoms with van der Waals surface area (Å²) in [5, 5.41) is 3.20. The number of nitrogen functional groups attached to an aromatic ring is 1. The van der Waals surface area contributed by atoms with Crippen LogP contribution in [0.5, 0.6) is 5.75 Å². The Morgan fingerprint density at radius 3 is 2.65 bits per heavy atom. The van der Waals surface area contributed by atoms with Crippen molar-refractivity contribution in [2.75, 3.05) is 19.4 Å². The van der Waals surface area contributed by atoms with Crippen LogP contribution in [0.4, 0.5) is 14.9 Å². The van der Waals surface area contributed by atoms with Crippen molar-refractivity contribution in [2.45, 2.75) is 58.7 Å². The zero-order chi connectivity index (χ0) is 29.2. The van der Waals surface area contributed by atoms with E-state index in [1.807, 2.05) is 25.1 Å². The highest BCUT2D eigenvalue weighted by molar-refractivity contribution is 6.35. The molecule has 2 amide bonds. The molecule has 1 aliphatic heterocycles. The maximum atomic E-state index is 15.8. The molecule has 1 aliphatic rings. The number of methoxy groups -OCH3 is 1. The number of aromatic nitrogens is 1. The highest BCUT2D eigenvalue weighted by Crippen LogP contribution is 2.39. The Kier molecular flexibility index (Phi) is 8.54. The largest absolute Gasteiger partial charge is 0.496 e. The fourth-order valence-corrected chi connectivity index (χ4v) is 5.01. The number of hydrogen-bond donors (Lipinski definition) is 2. The van der Waals surface area contributed by atoms with Crippen LogP contribution in [0.2, 0.25) is 5.02 Å². The third-order valence-electron chi connectivity index (χ3n) is 6.73. The van der Waals surface area contributed by atoms with E-state index in [1.54, 1.807) is 39.1 Å². The molecule has 40 heavy (non-hydrogen) atoms. The van der Waals surface area contributed by atoms with Crippen LogP contribution < -0.4 is 15.8 Å². The van der Waals surface area contributed by atoms with E-state index in [-0.39, 0.29) is 36.4 Å². The van der Waals surface area contributed by atoms with Gasteiger partial charge in [-0.25, -0.2) is 9.18 Å². The van der Waals surface area contributed by atoms with Gasteiger partial charge in [0.1, 0.15) is 17.2 Å². The smallest absolute Gasteiger partial charge is 0.410 e. The molecule has 1 atom stereocenters. The summed E-state index contributed by atoms with van der Waals surface area (Å²) < 4.78 is 26.9. The normalized spacial score (nSPS) is 15.1. The SMILES string of the molecule is COc1cc(-c2nccc(-c3cccc(N)c3C)c2Cl)cc(F)c1CN(C[C@@H]1CCC(=O)N1)C(=O)OC(C)(C)C. The first-order valence-corrected chi connectivity index (χ1v) is 13.4. The molecule has 1 aromatic heterocycles. The Hall–Kier alpha value is -3.85. The summed E-state index contributed by atoms with van der Waals surface area (Å²) in [6.07, 6.45) is 1.94. The molecule has 4 rings (SSSR count). The molecule has 1 fully saturated rings. The van der Waals surface area contributed by atoms with E-state index >= 15 is 4.39 Å². The predicted octanol–water partition coefficient (Wildman–Crippen LogP) is 6.12. The first-order chi connectivity index (χ1) is 18.9. The molecule has 8 nitrogen and oxygen atoms in total. The van der Waals surface area contributed by atoms with Gasteiger partial charge in [-0.05, 0) is 69.5 Å². The number of benzene rings is 2. The Balaban J connectivity index is 1.70. The second kappa shape index (κ2) is 11.7. The molecule has 3 N–H and O–H groups in total. The molecular formula is C30H34ClFN4O4. The summed E-state index contributed by atoms with van der Waals surface area (Å²) >= 11 is 6.81. The Labute approximate surface area is 238 Å². The third-order valence-corrected chi connectivity index (χ3v) is 7.11. The lowest BCUT2D eigenvalue weighted by molar-refractivity contribution is -0.119. The highest BCUT2D eigenvalue weighted by Gasteiger charge is 2.30. The second-order valence-electron chi connectivity index (χ2n) is 10.8. The molecule has 2 heterocycles. The van der Waals surface area contributed by atoms with Crippen molar-refractivity contribution in [2.24, 2.45) is 0 Å². The summed E-state index contributed by atoms with van der Waals surface area (Å²) in [6.45, 7) is 7.22. The van der Waals surface area contributed by atoms with E-state index in [9.17, 15) is 9.59 Å². The molecule has 0 spiro atoms. The van der Waals surface area contributed by atoms with Gasteiger partial charge in [-0.2, -0.15) is 0 Å². The van der Waals surface area contributed by atoms with Crippen LogP contribution in [0.25, 0.3) is 22.4 Å². The summed E-state index contributed by atoms with van der Waals surface area (Å²) in [6, 6.07) is 10.1. The Bertz CT molecular complexity index is 1440. The minimum Gasteiger partial charge on any atom is -0.496 e. The summed E-state index contributed by atoms with van der Waals surface area (Å²) in [5.41, 5.74) is 9.39. The van der Waals surface area contributed by atoms with Gasteiger partial charge in [0.15, 0.2) is 0 Å². The van der Waals surface area contributed by atoms with Gasteiger partial charge in [-0.3, -0.25) is 9.78 Å². The number of hydrogen-bond acceptors (Lipinski definition) is 6. The lowest BCUT2D eigenvalue weighted by Crippen LogP contribution is -2.44. The van der Waals surface area contributed by atoms with Crippen molar-refractivity contribution >= 4 is 29.3 Å². The van der Waals surface area contributed by atoms with Gasteiger partial charge < -0.3 is 25.4 Å². The number of nitrogens with two attached hydrogens (primary N) is 1. The number of carbonyl (C=O) groups excluding carboxylic acids is 2. The van der Waals surface area contributed by atoms with E-state index in [4.69, 9.17) is 26.8 Å². The van der Waals surface area contributed by atoms with Crippen molar-refractivity contribution in [3.8, 4) is 28.1 Å². The number of nitrogens with one attached hydrogen (secondary N) is 1. The molecule has 212 valence electrons. The number of carbonyl (C=O) groups is 2. The van der Waals surface area contributed by atoms with Gasteiger partial charge >= 0.3 is 6.09 Å². The highest BCUT2D eigenvalue weighted by atomic mass is 35.5. The molecule has 10 heteroatoms. The van der Waals surface area contributed by atoms with Gasteiger partial charge in [0.05, 0.1) is 24.4 Å². The average Bonchev–Trinajstić information content (AvgIpc) is 3.30. The lowest BCUT2D eigenvalue weighted by atomic mass is 9.97. The topological polar surface area (TPSA) is 107 Å². The monoisotopic (exact) mass is 568 g/mol. The fourth-order valence-electron chi connectivity index (χ4n) is 4.68. The Morgan fingerprint density at radius 2 is 2.00 bits per heavy atom. The summed E-state index contributed by atoms with van der Waals surface area (Å²) in [5.74, 6) is -0.452. The van der Waals surface area contributed by atoms with E-state index in [0.717, 1.165) is 16.7 Å². The molecule has 3 aromatic rings. The molecular weight excluding hydrogens is 535 g/mol. The zero-order valence-electron chi connectivity index (χ0n) is 23.3. The van der Waals surface area contributed by atoms with Crippen LogP contribution in [0.15, 0.2) is 42.6 Å². The number of anilines is 1. The van der Waals surface area contributed by atoms with Gasteiger partial charge in [-0.15, -0.1) is 0 Å². The van der Waals surface area contributed by atoms with Crippen LogP contribution in [0.1, 0.15) is 44.7 Å². The predicted molar refractivity (Wildman–Crippen MR) is 154 cm³/mol. The fraction of sp³-hybridized carbons (Fsp3) is 0.367. The maximum Gasteiger partial charge on any atom is 0.410 e. The van der Waals surface area contributed by atoms with Crippen LogP contribution in [0, 0.1) is 12.7 Å². The maximum absolute atomic E-state index is 15.8. The third kappa shape index (κ3) is 6.47. The van der Waals surface area contributed by atoms with Gasteiger partial charge in [0.2, 0.25) is 5.91 Å². The molecule has 0 bridgehead atoms. The first-order valence-electron chi connectivity index (χ1n) is 13.0. The number of halogens is 2. The van der Waals surface area contributed by atoms with Crippen LogP contribution in [-0.2, 0) is 16.1 Å². The van der Waals surface area contributed by atoms with Crippen LogP contribution >= 0.6 is 11.6 Å². The minimum atomic E-state index is -0.754. The van der Waals surface area contributed by atoms with E-state index < -0.39 is 17.5 Å². The molecule has 2 aromatic carbocycles. The standard InChI is InChI=1S/C30H34ClFN4O4/c1-17-20(7-6-8-24(17)33)21-11-12-34-28(27(21)31)18-13-23(32)22(25(14-18)39-5)16-36(29(38)40-30(2,3)4)15-19-9-10-26(37)35-19/h6-8,11-14,19H,9-10,15-16,33H2,1-5H3,(H,35,37)/t19-/m0/s1. The number of pyridine rings is 1. The van der Waals surface area contributed by atoms with Crippen molar-refractivity contribution in [1.82, 2.24) is 15.2 Å². The quantitative estimate of drug-likeness (QED) is 0.332. The second-order valence-corrected chi connectivity index (χ2v) is 11.2. The molecule has 0 unspecified atom stereocenters. The molecule has 0 saturated carbocycles. The first kappa shape index (κ1) is 29.1. The van der Waals surface area contributed by atoms with Gasteiger partial charge in [0.25, 0.3) is 0 Å². The molecule has 0 aliphatic carbocycles. The average molecular weight is 569 g/mol. The molecule has 0 radical (unpaired) electrons. The van der Waals surface area contributed by atoms with Crippen LogP contribution in [-0.4, -0.2) is 47.2 Å². The number of rotatable bonds is 7. The van der Waals surface area contributed by atoms with Crippen molar-refractivity contribution in [3.63, 3.8) is 0 Å². The molecule has 1 saturated heterocycles.